The van der Waals surface area contributed by atoms with Crippen molar-refractivity contribution in [2.45, 2.75) is 44.9 Å². The number of aliphatic hydroxyl groups excluding tert-OH is 1. The van der Waals surface area contributed by atoms with Crippen LogP contribution in [0.15, 0.2) is 29.1 Å². The van der Waals surface area contributed by atoms with E-state index in [-0.39, 0.29) is 47.3 Å². The van der Waals surface area contributed by atoms with Gasteiger partial charge in [0.05, 0.1) is 18.2 Å². The summed E-state index contributed by atoms with van der Waals surface area (Å²) in [5.41, 5.74) is -0.213. The van der Waals surface area contributed by atoms with Crippen LogP contribution in [-0.2, 0) is 17.9 Å². The third kappa shape index (κ3) is 4.11. The van der Waals surface area contributed by atoms with E-state index >= 15 is 0 Å². The summed E-state index contributed by atoms with van der Waals surface area (Å²) in [6.07, 6.45) is 3.20. The summed E-state index contributed by atoms with van der Waals surface area (Å²) in [7, 11) is 0. The van der Waals surface area contributed by atoms with E-state index in [4.69, 9.17) is 0 Å². The maximum absolute atomic E-state index is 13.0. The molecule has 0 spiro atoms. The molecule has 1 saturated carbocycles. The number of benzene rings is 1. The summed E-state index contributed by atoms with van der Waals surface area (Å²) in [4.78, 5) is 46.5. The van der Waals surface area contributed by atoms with Crippen molar-refractivity contribution in [2.24, 2.45) is 5.92 Å². The molecule has 2 fully saturated rings. The average molecular weight is 414 g/mol. The standard InChI is InChI=1S/C21H23FN4O4/c22-14-7-3-12(4-8-14)10-23-20(29)17-15(11-27)19(28)25-18(24-17)16-2-1-9-26(16)21(30)13-5-6-13/h3-4,7-8,13,16,27H,1-2,5-6,9-11H2,(H,23,29)(H,24,25,28). The number of rotatable bonds is 6. The van der Waals surface area contributed by atoms with Gasteiger partial charge in [-0.15, -0.1) is 0 Å². The van der Waals surface area contributed by atoms with Crippen LogP contribution in [0.1, 0.15) is 59.2 Å². The molecule has 9 heteroatoms. The predicted molar refractivity (Wildman–Crippen MR) is 105 cm³/mol. The Kier molecular flexibility index (Phi) is 5.63. The molecule has 30 heavy (non-hydrogen) atoms. The summed E-state index contributed by atoms with van der Waals surface area (Å²) in [5, 5.41) is 12.2. The number of carbonyl (C=O) groups is 2. The number of nitrogens with one attached hydrogen (secondary N) is 2. The molecule has 1 aromatic carbocycles. The number of halogens is 1. The van der Waals surface area contributed by atoms with E-state index in [2.05, 4.69) is 15.3 Å². The smallest absolute Gasteiger partial charge is 0.270 e. The lowest BCUT2D eigenvalue weighted by Gasteiger charge is -2.24. The van der Waals surface area contributed by atoms with E-state index in [0.29, 0.717) is 18.5 Å². The molecule has 158 valence electrons. The maximum atomic E-state index is 13.0. The fourth-order valence-electron chi connectivity index (χ4n) is 3.76. The second kappa shape index (κ2) is 8.35. The number of carbonyl (C=O) groups excluding carboxylic acids is 2. The molecule has 1 unspecified atom stereocenters. The zero-order valence-corrected chi connectivity index (χ0v) is 16.4. The second-order valence-electron chi connectivity index (χ2n) is 7.71. The largest absolute Gasteiger partial charge is 0.391 e. The molecule has 8 nitrogen and oxygen atoms in total. The summed E-state index contributed by atoms with van der Waals surface area (Å²) < 4.78 is 13.0. The third-order valence-corrected chi connectivity index (χ3v) is 5.55. The molecule has 2 amide bonds. The fourth-order valence-corrected chi connectivity index (χ4v) is 3.76. The highest BCUT2D eigenvalue weighted by molar-refractivity contribution is 5.93. The minimum absolute atomic E-state index is 0.0486. The highest BCUT2D eigenvalue weighted by Gasteiger charge is 2.40. The van der Waals surface area contributed by atoms with Crippen LogP contribution >= 0.6 is 0 Å². The first-order chi connectivity index (χ1) is 14.5. The lowest BCUT2D eigenvalue weighted by atomic mass is 10.1. The Labute approximate surface area is 172 Å². The van der Waals surface area contributed by atoms with E-state index in [9.17, 15) is 23.9 Å². The van der Waals surface area contributed by atoms with Gasteiger partial charge in [0, 0.05) is 19.0 Å². The van der Waals surface area contributed by atoms with Crippen LogP contribution in [0, 0.1) is 11.7 Å². The van der Waals surface area contributed by atoms with Gasteiger partial charge >= 0.3 is 0 Å². The first-order valence-corrected chi connectivity index (χ1v) is 10.0. The normalized spacial score (nSPS) is 18.5. The molecular weight excluding hydrogens is 391 g/mol. The van der Waals surface area contributed by atoms with Crippen molar-refractivity contribution in [3.05, 3.63) is 63.1 Å². The first-order valence-electron chi connectivity index (χ1n) is 10.0. The molecule has 1 aromatic heterocycles. The van der Waals surface area contributed by atoms with E-state index < -0.39 is 18.1 Å². The molecule has 2 aromatic rings. The zero-order valence-electron chi connectivity index (χ0n) is 16.4. The van der Waals surface area contributed by atoms with Gasteiger partial charge in [-0.25, -0.2) is 9.37 Å². The van der Waals surface area contributed by atoms with Gasteiger partial charge in [0.15, 0.2) is 0 Å². The van der Waals surface area contributed by atoms with Crippen LogP contribution in [-0.4, -0.2) is 38.3 Å². The predicted octanol–water partition coefficient (Wildman–Crippen LogP) is 1.40. The number of aliphatic hydroxyl groups is 1. The van der Waals surface area contributed by atoms with Crippen molar-refractivity contribution in [2.75, 3.05) is 6.54 Å². The summed E-state index contributed by atoms with van der Waals surface area (Å²) in [5.74, 6) is -0.624. The summed E-state index contributed by atoms with van der Waals surface area (Å²) in [6.45, 7) is 0.0678. The number of aromatic nitrogens is 2. The van der Waals surface area contributed by atoms with Crippen molar-refractivity contribution in [3.8, 4) is 0 Å². The third-order valence-electron chi connectivity index (χ3n) is 5.55. The lowest BCUT2D eigenvalue weighted by molar-refractivity contribution is -0.133. The van der Waals surface area contributed by atoms with Crippen LogP contribution < -0.4 is 10.9 Å². The fraction of sp³-hybridized carbons (Fsp3) is 0.429. The van der Waals surface area contributed by atoms with Crippen molar-refractivity contribution < 1.29 is 19.1 Å². The number of hydrogen-bond acceptors (Lipinski definition) is 5. The monoisotopic (exact) mass is 414 g/mol. The van der Waals surface area contributed by atoms with Gasteiger partial charge < -0.3 is 20.3 Å². The van der Waals surface area contributed by atoms with Gasteiger partial charge in [-0.1, -0.05) is 12.1 Å². The van der Waals surface area contributed by atoms with E-state index in [1.165, 1.54) is 12.1 Å². The average Bonchev–Trinajstić information content (AvgIpc) is 3.48. The number of aromatic amines is 1. The first kappa shape index (κ1) is 20.2. The van der Waals surface area contributed by atoms with Crippen LogP contribution in [0.25, 0.3) is 0 Å². The molecule has 1 atom stereocenters. The maximum Gasteiger partial charge on any atom is 0.270 e. The Morgan fingerprint density at radius 1 is 1.23 bits per heavy atom. The van der Waals surface area contributed by atoms with Crippen molar-refractivity contribution in [1.82, 2.24) is 20.2 Å². The minimum Gasteiger partial charge on any atom is -0.391 e. The number of hydrogen-bond donors (Lipinski definition) is 3. The molecule has 1 saturated heterocycles. The Morgan fingerprint density at radius 3 is 2.63 bits per heavy atom. The van der Waals surface area contributed by atoms with E-state index in [1.54, 1.807) is 17.0 Å². The molecule has 0 bridgehead atoms. The Morgan fingerprint density at radius 2 is 1.97 bits per heavy atom. The SMILES string of the molecule is O=C(NCc1ccc(F)cc1)c1nc(C2CCCN2C(=O)C2CC2)[nH]c(=O)c1CO. The highest BCUT2D eigenvalue weighted by Crippen LogP contribution is 2.37. The van der Waals surface area contributed by atoms with E-state index in [0.717, 1.165) is 19.3 Å². The van der Waals surface area contributed by atoms with Crippen molar-refractivity contribution in [1.29, 1.82) is 0 Å². The number of likely N-dealkylation sites (tertiary alicyclic amines) is 1. The van der Waals surface area contributed by atoms with E-state index in [1.807, 2.05) is 0 Å². The van der Waals surface area contributed by atoms with Crippen molar-refractivity contribution in [3.63, 3.8) is 0 Å². The van der Waals surface area contributed by atoms with Gasteiger partial charge in [-0.3, -0.25) is 14.4 Å². The quantitative estimate of drug-likeness (QED) is 0.661. The molecule has 0 radical (unpaired) electrons. The molecule has 1 aliphatic carbocycles. The number of nitrogens with zero attached hydrogens (tertiary/aromatic N) is 2. The highest BCUT2D eigenvalue weighted by atomic mass is 19.1. The van der Waals surface area contributed by atoms with Gasteiger partial charge in [-0.05, 0) is 43.4 Å². The Bertz CT molecular complexity index is 1020. The molecule has 1 aliphatic heterocycles. The molecule has 4 rings (SSSR count). The van der Waals surface area contributed by atoms with Gasteiger partial charge in [0.25, 0.3) is 11.5 Å². The molecule has 3 N–H and O–H groups in total. The van der Waals surface area contributed by atoms with Crippen molar-refractivity contribution >= 4 is 11.8 Å². The second-order valence-corrected chi connectivity index (χ2v) is 7.71. The Hall–Kier alpha value is -3.07. The van der Waals surface area contributed by atoms with Gasteiger partial charge in [0.2, 0.25) is 5.91 Å². The number of H-pyrrole nitrogens is 1. The summed E-state index contributed by atoms with van der Waals surface area (Å²) in [6, 6.07) is 5.27. The minimum atomic E-state index is -0.642. The van der Waals surface area contributed by atoms with Crippen LogP contribution in [0.3, 0.4) is 0 Å². The molecular formula is C21H23FN4O4. The Balaban J connectivity index is 1.58. The van der Waals surface area contributed by atoms with Crippen LogP contribution in [0.2, 0.25) is 0 Å². The zero-order chi connectivity index (χ0) is 21.3. The van der Waals surface area contributed by atoms with Crippen LogP contribution in [0.5, 0.6) is 0 Å². The summed E-state index contributed by atoms with van der Waals surface area (Å²) >= 11 is 0. The van der Waals surface area contributed by atoms with Crippen LogP contribution in [0.4, 0.5) is 4.39 Å². The van der Waals surface area contributed by atoms with Gasteiger partial charge in [-0.2, -0.15) is 0 Å². The lowest BCUT2D eigenvalue weighted by Crippen LogP contribution is -2.35. The topological polar surface area (TPSA) is 115 Å². The molecule has 2 heterocycles. The van der Waals surface area contributed by atoms with Gasteiger partial charge in [0.1, 0.15) is 17.3 Å². The molecule has 2 aliphatic rings. The number of amides is 2.